The van der Waals surface area contributed by atoms with E-state index < -0.39 is 11.9 Å². The van der Waals surface area contributed by atoms with Gasteiger partial charge in [0.25, 0.3) is 5.91 Å². The van der Waals surface area contributed by atoms with Crippen LogP contribution in [0.1, 0.15) is 42.5 Å². The predicted octanol–water partition coefficient (Wildman–Crippen LogP) is 3.64. The highest BCUT2D eigenvalue weighted by Crippen LogP contribution is 2.23. The molecule has 1 aromatic heterocycles. The van der Waals surface area contributed by atoms with Gasteiger partial charge in [0.15, 0.2) is 0 Å². The molecule has 0 saturated heterocycles. The second-order valence-electron chi connectivity index (χ2n) is 6.48. The van der Waals surface area contributed by atoms with E-state index in [4.69, 9.17) is 14.3 Å². The molecule has 0 aliphatic carbocycles. The maximum Gasteiger partial charge on any atom is 0.311 e. The molecule has 1 amide bonds. The Morgan fingerprint density at radius 2 is 1.83 bits per heavy atom. The summed E-state index contributed by atoms with van der Waals surface area (Å²) in [5.41, 5.74) is 1.14. The van der Waals surface area contributed by atoms with Crippen molar-refractivity contribution in [3.8, 4) is 5.75 Å². The summed E-state index contributed by atoms with van der Waals surface area (Å²) < 4.78 is 10.9. The fraction of sp³-hybridized carbons (Fsp3) is 0.333. The van der Waals surface area contributed by atoms with Gasteiger partial charge >= 0.3 is 5.97 Å². The van der Waals surface area contributed by atoms with Gasteiger partial charge in [-0.3, -0.25) is 9.59 Å². The molecule has 2 aromatic rings. The van der Waals surface area contributed by atoms with Crippen molar-refractivity contribution in [1.29, 1.82) is 0 Å². The van der Waals surface area contributed by atoms with Crippen LogP contribution in [0.3, 0.4) is 0 Å². The first-order valence-corrected chi connectivity index (χ1v) is 7.55. The zero-order valence-corrected chi connectivity index (χ0v) is 14.2. The van der Waals surface area contributed by atoms with Crippen LogP contribution in [-0.2, 0) is 11.2 Å². The van der Waals surface area contributed by atoms with Gasteiger partial charge < -0.3 is 19.6 Å². The third-order valence-corrected chi connectivity index (χ3v) is 3.13. The summed E-state index contributed by atoms with van der Waals surface area (Å²) in [7, 11) is 0. The van der Waals surface area contributed by atoms with E-state index in [2.05, 4.69) is 5.32 Å². The molecule has 24 heavy (non-hydrogen) atoms. The molecule has 0 spiro atoms. The molecule has 0 unspecified atom stereocenters. The van der Waals surface area contributed by atoms with Crippen LogP contribution in [0.4, 0.5) is 5.69 Å². The van der Waals surface area contributed by atoms with Gasteiger partial charge in [0, 0.05) is 11.3 Å². The van der Waals surface area contributed by atoms with Gasteiger partial charge in [-0.15, -0.1) is 0 Å². The molecule has 6 heteroatoms. The number of furan rings is 1. The second kappa shape index (κ2) is 6.78. The van der Waals surface area contributed by atoms with Gasteiger partial charge in [-0.25, -0.2) is 0 Å². The first-order valence-electron chi connectivity index (χ1n) is 7.55. The Kier molecular flexibility index (Phi) is 4.97. The van der Waals surface area contributed by atoms with Crippen molar-refractivity contribution in [1.82, 2.24) is 0 Å². The average Bonchev–Trinajstić information content (AvgIpc) is 2.79. The van der Waals surface area contributed by atoms with Crippen LogP contribution in [0.25, 0.3) is 0 Å². The second-order valence-corrected chi connectivity index (χ2v) is 6.48. The Balaban J connectivity index is 2.13. The highest BCUT2D eigenvalue weighted by molar-refractivity contribution is 6.06. The number of benzene rings is 1. The monoisotopic (exact) mass is 331 g/mol. The van der Waals surface area contributed by atoms with Crippen LogP contribution >= 0.6 is 0 Å². The molecule has 6 nitrogen and oxygen atoms in total. The van der Waals surface area contributed by atoms with Crippen molar-refractivity contribution >= 4 is 17.6 Å². The quantitative estimate of drug-likeness (QED) is 0.873. The van der Waals surface area contributed by atoms with E-state index in [0.29, 0.717) is 17.0 Å². The number of rotatable bonds is 5. The lowest BCUT2D eigenvalue weighted by atomic mass is 10.1. The smallest absolute Gasteiger partial charge is 0.311 e. The highest BCUT2D eigenvalue weighted by atomic mass is 16.5. The highest BCUT2D eigenvalue weighted by Gasteiger charge is 2.20. The van der Waals surface area contributed by atoms with Crippen molar-refractivity contribution < 1.29 is 23.8 Å². The minimum absolute atomic E-state index is 0.144. The largest absolute Gasteiger partial charge is 0.488 e. The van der Waals surface area contributed by atoms with Crippen molar-refractivity contribution in [3.05, 3.63) is 47.4 Å². The average molecular weight is 331 g/mol. The van der Waals surface area contributed by atoms with E-state index in [1.54, 1.807) is 31.2 Å². The number of hydrogen-bond donors (Lipinski definition) is 2. The van der Waals surface area contributed by atoms with Crippen LogP contribution in [0, 0.1) is 6.92 Å². The summed E-state index contributed by atoms with van der Waals surface area (Å²) in [5, 5.41) is 11.6. The lowest BCUT2D eigenvalue weighted by Gasteiger charge is -2.21. The first kappa shape index (κ1) is 17.6. The standard InChI is InChI=1S/C18H21NO5/c1-11-10-23-14(9-15(20)21)16(11)17(22)19-12-5-7-13(8-6-12)24-18(2,3)4/h5-8,10H,9H2,1-4H3,(H,19,22)(H,20,21). The third kappa shape index (κ3) is 4.62. The number of carboxylic acids is 1. The Hall–Kier alpha value is -2.76. The molecule has 0 fully saturated rings. The van der Waals surface area contributed by atoms with Crippen LogP contribution in [0.15, 0.2) is 34.9 Å². The molecule has 0 aliphatic rings. The zero-order valence-electron chi connectivity index (χ0n) is 14.2. The normalized spacial score (nSPS) is 11.2. The Labute approximate surface area is 140 Å². The summed E-state index contributed by atoms with van der Waals surface area (Å²) in [5.74, 6) is -0.610. The number of carbonyl (C=O) groups excluding carboxylic acids is 1. The molecule has 2 rings (SSSR count). The molecular formula is C18H21NO5. The Morgan fingerprint density at radius 3 is 2.38 bits per heavy atom. The lowest BCUT2D eigenvalue weighted by Crippen LogP contribution is -2.22. The summed E-state index contributed by atoms with van der Waals surface area (Å²) in [4.78, 5) is 23.3. The topological polar surface area (TPSA) is 88.8 Å². The van der Waals surface area contributed by atoms with E-state index >= 15 is 0 Å². The van der Waals surface area contributed by atoms with E-state index in [0.717, 1.165) is 0 Å². The van der Waals surface area contributed by atoms with Crippen molar-refractivity contribution in [2.75, 3.05) is 5.32 Å². The first-order chi connectivity index (χ1) is 11.2. The summed E-state index contributed by atoms with van der Waals surface area (Å²) >= 11 is 0. The molecule has 1 aromatic carbocycles. The number of anilines is 1. The zero-order chi connectivity index (χ0) is 17.9. The molecule has 0 radical (unpaired) electrons. The number of aliphatic carboxylic acids is 1. The molecule has 128 valence electrons. The number of carboxylic acid groups (broad SMARTS) is 1. The van der Waals surface area contributed by atoms with Crippen molar-refractivity contribution in [2.24, 2.45) is 0 Å². The number of amides is 1. The van der Waals surface area contributed by atoms with Gasteiger partial charge in [0.1, 0.15) is 23.5 Å². The van der Waals surface area contributed by atoms with E-state index in [9.17, 15) is 9.59 Å². The van der Waals surface area contributed by atoms with Crippen molar-refractivity contribution in [2.45, 2.75) is 39.7 Å². The number of carbonyl (C=O) groups is 2. The summed E-state index contributed by atoms with van der Waals surface area (Å²) in [6.45, 7) is 7.56. The van der Waals surface area contributed by atoms with Gasteiger partial charge in [-0.2, -0.15) is 0 Å². The molecule has 0 bridgehead atoms. The van der Waals surface area contributed by atoms with Crippen LogP contribution in [0.2, 0.25) is 0 Å². The number of aryl methyl sites for hydroxylation is 1. The van der Waals surface area contributed by atoms with Crippen LogP contribution in [-0.4, -0.2) is 22.6 Å². The molecular weight excluding hydrogens is 310 g/mol. The van der Waals surface area contributed by atoms with Crippen LogP contribution in [0.5, 0.6) is 5.75 Å². The molecule has 0 atom stereocenters. The number of hydrogen-bond acceptors (Lipinski definition) is 4. The van der Waals surface area contributed by atoms with Gasteiger partial charge in [-0.05, 0) is 52.0 Å². The fourth-order valence-corrected chi connectivity index (χ4v) is 2.22. The SMILES string of the molecule is Cc1coc(CC(=O)O)c1C(=O)Nc1ccc(OC(C)(C)C)cc1. The Bertz CT molecular complexity index is 738. The molecule has 1 heterocycles. The molecule has 0 aliphatic heterocycles. The van der Waals surface area contributed by atoms with Gasteiger partial charge in [0.2, 0.25) is 0 Å². The minimum Gasteiger partial charge on any atom is -0.488 e. The van der Waals surface area contributed by atoms with E-state index in [-0.39, 0.29) is 23.3 Å². The minimum atomic E-state index is -1.05. The molecule has 0 saturated carbocycles. The molecule has 2 N–H and O–H groups in total. The number of ether oxygens (including phenoxy) is 1. The van der Waals surface area contributed by atoms with E-state index in [1.165, 1.54) is 6.26 Å². The van der Waals surface area contributed by atoms with Crippen LogP contribution < -0.4 is 10.1 Å². The maximum absolute atomic E-state index is 12.4. The van der Waals surface area contributed by atoms with E-state index in [1.807, 2.05) is 20.8 Å². The predicted molar refractivity (Wildman–Crippen MR) is 89.6 cm³/mol. The van der Waals surface area contributed by atoms with Crippen molar-refractivity contribution in [3.63, 3.8) is 0 Å². The third-order valence-electron chi connectivity index (χ3n) is 3.13. The fourth-order valence-electron chi connectivity index (χ4n) is 2.22. The summed E-state index contributed by atoms with van der Waals surface area (Å²) in [6, 6.07) is 6.99. The Morgan fingerprint density at radius 1 is 1.21 bits per heavy atom. The number of nitrogens with one attached hydrogen (secondary N) is 1. The lowest BCUT2D eigenvalue weighted by molar-refractivity contribution is -0.136. The van der Waals surface area contributed by atoms with Gasteiger partial charge in [0.05, 0.1) is 11.8 Å². The maximum atomic E-state index is 12.4. The van der Waals surface area contributed by atoms with Gasteiger partial charge in [-0.1, -0.05) is 0 Å². The summed E-state index contributed by atoms with van der Waals surface area (Å²) in [6.07, 6.45) is 1.04.